The van der Waals surface area contributed by atoms with Crippen LogP contribution in [0.15, 0.2) is 42.7 Å². The van der Waals surface area contributed by atoms with E-state index >= 15 is 0 Å². The number of hydrogen-bond acceptors (Lipinski definition) is 5. The number of aromatic nitrogens is 1. The monoisotopic (exact) mass is 285 g/mol. The molecule has 0 aliphatic carbocycles. The highest BCUT2D eigenvalue weighted by Crippen LogP contribution is 2.25. The summed E-state index contributed by atoms with van der Waals surface area (Å²) in [4.78, 5) is 15.9. The zero-order valence-electron chi connectivity index (χ0n) is 12.2. The third kappa shape index (κ3) is 3.72. The van der Waals surface area contributed by atoms with Crippen LogP contribution in [-0.2, 0) is 4.74 Å². The molecule has 0 radical (unpaired) electrons. The molecule has 0 amide bonds. The maximum atomic E-state index is 11.8. The number of carbonyl (C=O) groups is 1. The van der Waals surface area contributed by atoms with Crippen molar-refractivity contribution in [1.29, 1.82) is 0 Å². The fourth-order valence-electron chi connectivity index (χ4n) is 1.97. The van der Waals surface area contributed by atoms with Crippen molar-refractivity contribution in [3.63, 3.8) is 0 Å². The van der Waals surface area contributed by atoms with Crippen molar-refractivity contribution < 1.29 is 9.53 Å². The van der Waals surface area contributed by atoms with Crippen molar-refractivity contribution in [2.45, 2.75) is 19.9 Å². The summed E-state index contributed by atoms with van der Waals surface area (Å²) in [7, 11) is 0. The maximum Gasteiger partial charge on any atom is 0.338 e. The average Bonchev–Trinajstić information content (AvgIpc) is 2.50. The van der Waals surface area contributed by atoms with E-state index < -0.39 is 0 Å². The van der Waals surface area contributed by atoms with Crippen molar-refractivity contribution >= 4 is 17.3 Å². The number of nitrogens with two attached hydrogens (primary N) is 1. The normalized spacial score (nSPS) is 11.7. The van der Waals surface area contributed by atoms with E-state index in [9.17, 15) is 4.79 Å². The third-order valence-electron chi connectivity index (χ3n) is 3.12. The number of hydrogen-bond donors (Lipinski definition) is 2. The van der Waals surface area contributed by atoms with Gasteiger partial charge in [0, 0.05) is 12.4 Å². The molecule has 0 bridgehead atoms. The van der Waals surface area contributed by atoms with Crippen molar-refractivity contribution in [3.05, 3.63) is 53.9 Å². The first kappa shape index (κ1) is 14.8. The first-order chi connectivity index (χ1) is 10.1. The van der Waals surface area contributed by atoms with Crippen LogP contribution in [0.25, 0.3) is 0 Å². The molecule has 0 fully saturated rings. The van der Waals surface area contributed by atoms with Gasteiger partial charge in [-0.2, -0.15) is 0 Å². The molecule has 0 saturated carbocycles. The number of nitrogen functional groups attached to an aromatic ring is 1. The minimum atomic E-state index is -0.352. The Morgan fingerprint density at radius 1 is 1.43 bits per heavy atom. The fourth-order valence-corrected chi connectivity index (χ4v) is 1.97. The number of benzene rings is 1. The van der Waals surface area contributed by atoms with E-state index in [1.54, 1.807) is 37.5 Å². The van der Waals surface area contributed by atoms with Crippen LogP contribution < -0.4 is 11.1 Å². The number of nitrogens with zero attached hydrogens (tertiary/aromatic N) is 1. The second kappa shape index (κ2) is 6.74. The number of anilines is 2. The van der Waals surface area contributed by atoms with Gasteiger partial charge in [0.25, 0.3) is 0 Å². The summed E-state index contributed by atoms with van der Waals surface area (Å²) in [5, 5.41) is 3.29. The quantitative estimate of drug-likeness (QED) is 0.652. The molecule has 2 aromatic rings. The van der Waals surface area contributed by atoms with Gasteiger partial charge >= 0.3 is 5.97 Å². The number of nitrogens with one attached hydrogen (secondary N) is 1. The Morgan fingerprint density at radius 2 is 2.24 bits per heavy atom. The first-order valence-corrected chi connectivity index (χ1v) is 6.85. The second-order valence-electron chi connectivity index (χ2n) is 4.67. The molecule has 1 aromatic heterocycles. The Morgan fingerprint density at radius 3 is 2.90 bits per heavy atom. The Bertz CT molecular complexity index is 614. The van der Waals surface area contributed by atoms with Crippen LogP contribution in [-0.4, -0.2) is 17.6 Å². The Balaban J connectivity index is 2.19. The Labute approximate surface area is 124 Å². The van der Waals surface area contributed by atoms with Gasteiger partial charge in [0.1, 0.15) is 0 Å². The third-order valence-corrected chi connectivity index (χ3v) is 3.12. The summed E-state index contributed by atoms with van der Waals surface area (Å²) in [6, 6.07) is 8.96. The molecule has 5 nitrogen and oxygen atoms in total. The molecule has 5 heteroatoms. The largest absolute Gasteiger partial charge is 0.462 e. The zero-order valence-corrected chi connectivity index (χ0v) is 12.2. The lowest BCUT2D eigenvalue weighted by molar-refractivity contribution is 0.0526. The lowest BCUT2D eigenvalue weighted by atomic mass is 10.1. The highest BCUT2D eigenvalue weighted by Gasteiger charge is 2.12. The van der Waals surface area contributed by atoms with Crippen molar-refractivity contribution in [3.8, 4) is 0 Å². The van der Waals surface area contributed by atoms with E-state index in [2.05, 4.69) is 10.3 Å². The lowest BCUT2D eigenvalue weighted by Gasteiger charge is -2.17. The van der Waals surface area contributed by atoms with Gasteiger partial charge < -0.3 is 15.8 Å². The summed E-state index contributed by atoms with van der Waals surface area (Å²) in [6.45, 7) is 4.13. The Hall–Kier alpha value is -2.56. The highest BCUT2D eigenvalue weighted by molar-refractivity contribution is 5.92. The molecular formula is C16H19N3O2. The van der Waals surface area contributed by atoms with E-state index in [4.69, 9.17) is 10.5 Å². The smallest absolute Gasteiger partial charge is 0.338 e. The number of rotatable bonds is 5. The van der Waals surface area contributed by atoms with Crippen LogP contribution in [0.1, 0.15) is 35.8 Å². The predicted molar refractivity (Wildman–Crippen MR) is 83.1 cm³/mol. The van der Waals surface area contributed by atoms with Crippen molar-refractivity contribution in [2.24, 2.45) is 0 Å². The van der Waals surface area contributed by atoms with E-state index in [-0.39, 0.29) is 12.0 Å². The summed E-state index contributed by atoms with van der Waals surface area (Å²) < 4.78 is 4.99. The molecule has 1 aromatic carbocycles. The molecule has 1 atom stereocenters. The molecule has 0 aliphatic rings. The minimum absolute atomic E-state index is 0.0263. The zero-order chi connectivity index (χ0) is 15.2. The first-order valence-electron chi connectivity index (χ1n) is 6.85. The van der Waals surface area contributed by atoms with Gasteiger partial charge in [-0.15, -0.1) is 0 Å². The molecule has 0 aliphatic heterocycles. The topological polar surface area (TPSA) is 77.2 Å². The highest BCUT2D eigenvalue weighted by atomic mass is 16.5. The Kier molecular flexibility index (Phi) is 4.77. The van der Waals surface area contributed by atoms with Gasteiger partial charge in [0.15, 0.2) is 0 Å². The molecule has 21 heavy (non-hydrogen) atoms. The fraction of sp³-hybridized carbons (Fsp3) is 0.250. The van der Waals surface area contributed by atoms with E-state index in [1.807, 2.05) is 19.1 Å². The van der Waals surface area contributed by atoms with Crippen LogP contribution in [0.3, 0.4) is 0 Å². The molecular weight excluding hydrogens is 266 g/mol. The van der Waals surface area contributed by atoms with Gasteiger partial charge in [-0.1, -0.05) is 6.07 Å². The minimum Gasteiger partial charge on any atom is -0.462 e. The van der Waals surface area contributed by atoms with Gasteiger partial charge in [-0.3, -0.25) is 4.98 Å². The summed E-state index contributed by atoms with van der Waals surface area (Å²) >= 11 is 0. The standard InChI is InChI=1S/C16H19N3O2/c1-3-21-16(20)12-6-7-14(17)15(9-12)19-11(2)13-5-4-8-18-10-13/h4-11,19H,3,17H2,1-2H3. The second-order valence-corrected chi connectivity index (χ2v) is 4.67. The number of esters is 1. The van der Waals surface area contributed by atoms with Gasteiger partial charge in [0.05, 0.1) is 29.6 Å². The van der Waals surface area contributed by atoms with Gasteiger partial charge in [-0.05, 0) is 43.7 Å². The molecule has 2 rings (SSSR count). The molecule has 0 spiro atoms. The summed E-state index contributed by atoms with van der Waals surface area (Å²) in [5.41, 5.74) is 8.77. The molecule has 1 unspecified atom stereocenters. The van der Waals surface area contributed by atoms with Gasteiger partial charge in [-0.25, -0.2) is 4.79 Å². The van der Waals surface area contributed by atoms with E-state index in [1.165, 1.54) is 0 Å². The van der Waals surface area contributed by atoms with Crippen LogP contribution in [0.4, 0.5) is 11.4 Å². The predicted octanol–water partition coefficient (Wildman–Crippen LogP) is 3.01. The van der Waals surface area contributed by atoms with Crippen LogP contribution in [0.5, 0.6) is 0 Å². The molecule has 1 heterocycles. The summed E-state index contributed by atoms with van der Waals surface area (Å²) in [5.74, 6) is -0.352. The maximum absolute atomic E-state index is 11.8. The van der Waals surface area contributed by atoms with Gasteiger partial charge in [0.2, 0.25) is 0 Å². The van der Waals surface area contributed by atoms with Crippen LogP contribution in [0.2, 0.25) is 0 Å². The van der Waals surface area contributed by atoms with E-state index in [0.29, 0.717) is 23.5 Å². The van der Waals surface area contributed by atoms with Crippen molar-refractivity contribution in [2.75, 3.05) is 17.7 Å². The van der Waals surface area contributed by atoms with Crippen LogP contribution in [0, 0.1) is 0 Å². The SMILES string of the molecule is CCOC(=O)c1ccc(N)c(NC(C)c2cccnc2)c1. The molecule has 0 saturated heterocycles. The number of ether oxygens (including phenoxy) is 1. The summed E-state index contributed by atoms with van der Waals surface area (Å²) in [6.07, 6.45) is 3.52. The van der Waals surface area contributed by atoms with E-state index in [0.717, 1.165) is 5.56 Å². The number of pyridine rings is 1. The lowest BCUT2D eigenvalue weighted by Crippen LogP contribution is -2.11. The molecule has 110 valence electrons. The number of carbonyl (C=O) groups excluding carboxylic acids is 1. The van der Waals surface area contributed by atoms with Crippen LogP contribution >= 0.6 is 0 Å². The molecule has 3 N–H and O–H groups in total. The van der Waals surface area contributed by atoms with Crippen molar-refractivity contribution in [1.82, 2.24) is 4.98 Å². The average molecular weight is 285 g/mol.